The molecule has 1 aromatic heterocycles. The first kappa shape index (κ1) is 14.7. The van der Waals surface area contributed by atoms with Gasteiger partial charge >= 0.3 is 5.97 Å². The molecule has 1 atom stereocenters. The van der Waals surface area contributed by atoms with E-state index in [1.54, 1.807) is 13.8 Å². The second-order valence-corrected chi connectivity index (χ2v) is 4.79. The van der Waals surface area contributed by atoms with Crippen LogP contribution in [-0.2, 0) is 9.47 Å². The van der Waals surface area contributed by atoms with Gasteiger partial charge in [-0.1, -0.05) is 0 Å². The third kappa shape index (κ3) is 3.43. The first-order valence-electron chi connectivity index (χ1n) is 6.59. The van der Waals surface area contributed by atoms with Gasteiger partial charge in [-0.25, -0.2) is 14.8 Å². The van der Waals surface area contributed by atoms with Gasteiger partial charge in [0, 0.05) is 25.8 Å². The van der Waals surface area contributed by atoms with Crippen molar-refractivity contribution in [1.82, 2.24) is 9.97 Å². The normalized spacial score (nSPS) is 21.8. The molecule has 2 rings (SSSR count). The Bertz CT molecular complexity index is 487. The highest BCUT2D eigenvalue weighted by molar-refractivity contribution is 5.90. The molecule has 20 heavy (non-hydrogen) atoms. The third-order valence-electron chi connectivity index (χ3n) is 3.13. The molecular weight excluding hydrogens is 262 g/mol. The number of hydrogen-bond donors (Lipinski definition) is 2. The second-order valence-electron chi connectivity index (χ2n) is 4.79. The second kappa shape index (κ2) is 6.15. The molecule has 0 spiro atoms. The Kier molecular flexibility index (Phi) is 4.51. The smallest absolute Gasteiger partial charge is 0.341 e. The molecule has 0 amide bonds. The molecule has 7 heteroatoms. The van der Waals surface area contributed by atoms with E-state index in [1.807, 2.05) is 0 Å². The maximum absolute atomic E-state index is 11.6. The number of carbonyl (C=O) groups excluding carboxylic acids is 1. The van der Waals surface area contributed by atoms with Crippen molar-refractivity contribution in [3.8, 4) is 0 Å². The average Bonchev–Trinajstić information content (AvgIpc) is 2.84. The largest absolute Gasteiger partial charge is 0.462 e. The van der Waals surface area contributed by atoms with Gasteiger partial charge in [-0.2, -0.15) is 0 Å². The maximum Gasteiger partial charge on any atom is 0.341 e. The van der Waals surface area contributed by atoms with Crippen LogP contribution in [0.3, 0.4) is 0 Å². The van der Waals surface area contributed by atoms with Crippen molar-refractivity contribution >= 4 is 11.9 Å². The van der Waals surface area contributed by atoms with E-state index in [9.17, 15) is 9.90 Å². The van der Waals surface area contributed by atoms with Crippen molar-refractivity contribution in [2.24, 2.45) is 0 Å². The minimum Gasteiger partial charge on any atom is -0.462 e. The number of carbonyl (C=O) groups is 1. The molecule has 0 bridgehead atoms. The van der Waals surface area contributed by atoms with Crippen LogP contribution in [0.1, 0.15) is 29.4 Å². The topological polar surface area (TPSA) is 93.6 Å². The zero-order chi connectivity index (χ0) is 14.6. The molecule has 1 aliphatic heterocycles. The fraction of sp³-hybridized carbons (Fsp3) is 0.615. The fourth-order valence-corrected chi connectivity index (χ4v) is 1.94. The molecule has 1 aromatic rings. The van der Waals surface area contributed by atoms with Gasteiger partial charge in [0.25, 0.3) is 0 Å². The quantitative estimate of drug-likeness (QED) is 0.760. The fourth-order valence-electron chi connectivity index (χ4n) is 1.94. The number of aliphatic hydroxyl groups is 1. The number of esters is 1. The van der Waals surface area contributed by atoms with Crippen LogP contribution in [0.2, 0.25) is 0 Å². The zero-order valence-electron chi connectivity index (χ0n) is 11.7. The molecule has 110 valence electrons. The molecule has 0 radical (unpaired) electrons. The third-order valence-corrected chi connectivity index (χ3v) is 3.13. The van der Waals surface area contributed by atoms with E-state index in [4.69, 9.17) is 9.47 Å². The van der Waals surface area contributed by atoms with Crippen molar-refractivity contribution in [2.45, 2.75) is 25.9 Å². The standard InChI is InChI=1S/C13H19N3O4/c1-3-20-11(17)10-6-14-12(16-9(10)2)15-7-13(18)4-5-19-8-13/h6,18H,3-5,7-8H2,1-2H3,(H,14,15,16). The molecule has 0 aromatic carbocycles. The molecule has 2 N–H and O–H groups in total. The monoisotopic (exact) mass is 281 g/mol. The number of ether oxygens (including phenoxy) is 2. The highest BCUT2D eigenvalue weighted by Crippen LogP contribution is 2.18. The van der Waals surface area contributed by atoms with Gasteiger partial charge < -0.3 is 19.9 Å². The number of aryl methyl sites for hydroxylation is 1. The number of nitrogens with zero attached hydrogens (tertiary/aromatic N) is 2. The van der Waals surface area contributed by atoms with Crippen LogP contribution in [0.4, 0.5) is 5.95 Å². The van der Waals surface area contributed by atoms with Crippen LogP contribution in [0.25, 0.3) is 0 Å². The van der Waals surface area contributed by atoms with Crippen LogP contribution >= 0.6 is 0 Å². The molecular formula is C13H19N3O4. The van der Waals surface area contributed by atoms with E-state index in [2.05, 4.69) is 15.3 Å². The van der Waals surface area contributed by atoms with E-state index >= 15 is 0 Å². The van der Waals surface area contributed by atoms with Crippen LogP contribution in [0.5, 0.6) is 0 Å². The number of anilines is 1. The Labute approximate surface area is 117 Å². The van der Waals surface area contributed by atoms with Gasteiger partial charge in [0.2, 0.25) is 5.95 Å². The zero-order valence-corrected chi connectivity index (χ0v) is 11.7. The molecule has 0 saturated carbocycles. The SMILES string of the molecule is CCOC(=O)c1cnc(NCC2(O)CCOC2)nc1C. The summed E-state index contributed by atoms with van der Waals surface area (Å²) in [5.41, 5.74) is 0.00721. The van der Waals surface area contributed by atoms with Crippen LogP contribution in [-0.4, -0.2) is 53.0 Å². The van der Waals surface area contributed by atoms with Gasteiger partial charge in [-0.05, 0) is 13.8 Å². The predicted octanol–water partition coefficient (Wildman–Crippen LogP) is 0.525. The van der Waals surface area contributed by atoms with Gasteiger partial charge in [-0.15, -0.1) is 0 Å². The Balaban J connectivity index is 2.00. The lowest BCUT2D eigenvalue weighted by Gasteiger charge is -2.20. The molecule has 7 nitrogen and oxygen atoms in total. The summed E-state index contributed by atoms with van der Waals surface area (Å²) in [6.07, 6.45) is 2.01. The van der Waals surface area contributed by atoms with E-state index in [0.29, 0.717) is 50.0 Å². The minimum absolute atomic E-state index is 0.305. The average molecular weight is 281 g/mol. The van der Waals surface area contributed by atoms with Gasteiger partial charge in [-0.3, -0.25) is 0 Å². The first-order valence-corrected chi connectivity index (χ1v) is 6.59. The van der Waals surface area contributed by atoms with E-state index in [0.717, 1.165) is 0 Å². The van der Waals surface area contributed by atoms with Crippen LogP contribution < -0.4 is 5.32 Å². The summed E-state index contributed by atoms with van der Waals surface area (Å²) in [6.45, 7) is 4.94. The summed E-state index contributed by atoms with van der Waals surface area (Å²) in [7, 11) is 0. The lowest BCUT2D eigenvalue weighted by molar-refractivity contribution is 0.0380. The van der Waals surface area contributed by atoms with Crippen molar-refractivity contribution in [1.29, 1.82) is 0 Å². The highest BCUT2D eigenvalue weighted by atomic mass is 16.5. The van der Waals surface area contributed by atoms with Crippen LogP contribution in [0.15, 0.2) is 6.20 Å². The number of nitrogens with one attached hydrogen (secondary N) is 1. The summed E-state index contributed by atoms with van der Waals surface area (Å²) >= 11 is 0. The summed E-state index contributed by atoms with van der Waals surface area (Å²) in [5.74, 6) is -0.0600. The lowest BCUT2D eigenvalue weighted by atomic mass is 10.0. The molecule has 1 aliphatic rings. The van der Waals surface area contributed by atoms with Crippen molar-refractivity contribution < 1.29 is 19.4 Å². The molecule has 1 unspecified atom stereocenters. The van der Waals surface area contributed by atoms with E-state index < -0.39 is 11.6 Å². The summed E-state index contributed by atoms with van der Waals surface area (Å²) in [6, 6.07) is 0. The minimum atomic E-state index is -0.878. The van der Waals surface area contributed by atoms with Gasteiger partial charge in [0.1, 0.15) is 5.60 Å². The Hall–Kier alpha value is -1.73. The van der Waals surface area contributed by atoms with E-state index in [-0.39, 0.29) is 0 Å². The molecule has 1 saturated heterocycles. The Morgan fingerprint density at radius 1 is 1.65 bits per heavy atom. The summed E-state index contributed by atoms with van der Waals surface area (Å²) in [5, 5.41) is 13.1. The van der Waals surface area contributed by atoms with Gasteiger partial charge in [0.15, 0.2) is 0 Å². The number of aromatic nitrogens is 2. The van der Waals surface area contributed by atoms with Crippen molar-refractivity contribution in [3.63, 3.8) is 0 Å². The number of rotatable bonds is 5. The van der Waals surface area contributed by atoms with Crippen molar-refractivity contribution in [2.75, 3.05) is 31.7 Å². The Morgan fingerprint density at radius 3 is 3.05 bits per heavy atom. The van der Waals surface area contributed by atoms with Crippen LogP contribution in [0, 0.1) is 6.92 Å². The van der Waals surface area contributed by atoms with Gasteiger partial charge in [0.05, 0.1) is 24.5 Å². The Morgan fingerprint density at radius 2 is 2.45 bits per heavy atom. The first-order chi connectivity index (χ1) is 9.54. The molecule has 2 heterocycles. The summed E-state index contributed by atoms with van der Waals surface area (Å²) in [4.78, 5) is 19.9. The molecule has 0 aliphatic carbocycles. The number of hydrogen-bond acceptors (Lipinski definition) is 7. The van der Waals surface area contributed by atoms with E-state index in [1.165, 1.54) is 6.20 Å². The lowest BCUT2D eigenvalue weighted by Crippen LogP contribution is -2.37. The highest BCUT2D eigenvalue weighted by Gasteiger charge is 2.32. The maximum atomic E-state index is 11.6. The molecule has 1 fully saturated rings. The van der Waals surface area contributed by atoms with Crippen molar-refractivity contribution in [3.05, 3.63) is 17.5 Å². The summed E-state index contributed by atoms with van der Waals surface area (Å²) < 4.78 is 10.1. The predicted molar refractivity (Wildman–Crippen MR) is 71.6 cm³/mol.